The summed E-state index contributed by atoms with van der Waals surface area (Å²) in [6.07, 6.45) is 0. The van der Waals surface area contributed by atoms with E-state index in [1.165, 1.54) is 0 Å². The van der Waals surface area contributed by atoms with E-state index in [-0.39, 0.29) is 5.75 Å². The number of benzene rings is 1. The van der Waals surface area contributed by atoms with E-state index in [2.05, 4.69) is 4.90 Å². The topological polar surface area (TPSA) is 66.6 Å². The third kappa shape index (κ3) is 3.54. The van der Waals surface area contributed by atoms with Gasteiger partial charge < -0.3 is 10.6 Å². The molecule has 0 radical (unpaired) electrons. The number of sulfonamides is 1. The molecule has 0 atom stereocenters. The van der Waals surface area contributed by atoms with Gasteiger partial charge in [-0.05, 0) is 18.2 Å². The molecule has 0 bridgehead atoms. The van der Waals surface area contributed by atoms with E-state index >= 15 is 0 Å². The van der Waals surface area contributed by atoms with E-state index in [0.29, 0.717) is 19.6 Å². The number of piperazine rings is 1. The van der Waals surface area contributed by atoms with Gasteiger partial charge in [-0.15, -0.1) is 0 Å². The van der Waals surface area contributed by atoms with Gasteiger partial charge in [0.15, 0.2) is 0 Å². The van der Waals surface area contributed by atoms with Crippen molar-refractivity contribution in [1.29, 1.82) is 0 Å². The number of rotatable bonds is 4. The zero-order chi connectivity index (χ0) is 13.9. The van der Waals surface area contributed by atoms with Crippen molar-refractivity contribution in [3.05, 3.63) is 35.4 Å². The predicted molar refractivity (Wildman–Crippen MR) is 76.0 cm³/mol. The van der Waals surface area contributed by atoms with Crippen LogP contribution in [0.15, 0.2) is 24.3 Å². The fourth-order valence-electron chi connectivity index (χ4n) is 2.25. The molecule has 5 nitrogen and oxygen atoms in total. The van der Waals surface area contributed by atoms with Crippen LogP contribution >= 0.6 is 0 Å². The molecule has 19 heavy (non-hydrogen) atoms. The van der Waals surface area contributed by atoms with Crippen molar-refractivity contribution in [3.8, 4) is 0 Å². The lowest BCUT2D eigenvalue weighted by Gasteiger charge is -2.31. The molecule has 6 heteroatoms. The SMILES string of the molecule is CN1CCN(S(=O)(=O)Cc2ccccc2CN)CC1. The lowest BCUT2D eigenvalue weighted by Crippen LogP contribution is -2.47. The highest BCUT2D eigenvalue weighted by molar-refractivity contribution is 7.88. The summed E-state index contributed by atoms with van der Waals surface area (Å²) >= 11 is 0. The lowest BCUT2D eigenvalue weighted by atomic mass is 10.1. The van der Waals surface area contributed by atoms with Crippen molar-refractivity contribution < 1.29 is 8.42 Å². The van der Waals surface area contributed by atoms with E-state index in [0.717, 1.165) is 24.2 Å². The van der Waals surface area contributed by atoms with Crippen LogP contribution in [-0.4, -0.2) is 50.8 Å². The highest BCUT2D eigenvalue weighted by Gasteiger charge is 2.26. The van der Waals surface area contributed by atoms with Crippen molar-refractivity contribution in [2.45, 2.75) is 12.3 Å². The first kappa shape index (κ1) is 14.5. The quantitative estimate of drug-likeness (QED) is 0.858. The van der Waals surface area contributed by atoms with E-state index in [4.69, 9.17) is 5.73 Å². The number of likely N-dealkylation sites (N-methyl/N-ethyl adjacent to an activating group) is 1. The number of nitrogens with zero attached hydrogens (tertiary/aromatic N) is 2. The van der Waals surface area contributed by atoms with Gasteiger partial charge in [-0.1, -0.05) is 24.3 Å². The van der Waals surface area contributed by atoms with Gasteiger partial charge in [0.05, 0.1) is 5.75 Å². The summed E-state index contributed by atoms with van der Waals surface area (Å²) in [7, 11) is -1.23. The molecule has 1 aliphatic heterocycles. The molecule has 1 heterocycles. The highest BCUT2D eigenvalue weighted by atomic mass is 32.2. The molecule has 1 saturated heterocycles. The normalized spacial score (nSPS) is 18.6. The third-order valence-electron chi connectivity index (χ3n) is 3.53. The van der Waals surface area contributed by atoms with Crippen LogP contribution in [0, 0.1) is 0 Å². The zero-order valence-corrected chi connectivity index (χ0v) is 12.1. The Labute approximate surface area is 115 Å². The van der Waals surface area contributed by atoms with E-state index in [1.54, 1.807) is 4.31 Å². The molecule has 1 aromatic rings. The minimum atomic E-state index is -3.24. The van der Waals surface area contributed by atoms with Gasteiger partial charge in [-0.2, -0.15) is 4.31 Å². The van der Waals surface area contributed by atoms with Gasteiger partial charge in [0.25, 0.3) is 0 Å². The van der Waals surface area contributed by atoms with E-state index in [9.17, 15) is 8.42 Å². The summed E-state index contributed by atoms with van der Waals surface area (Å²) in [6.45, 7) is 3.09. The Bertz CT molecular complexity index is 522. The van der Waals surface area contributed by atoms with Crippen molar-refractivity contribution in [3.63, 3.8) is 0 Å². The Morgan fingerprint density at radius 1 is 1.11 bits per heavy atom. The van der Waals surface area contributed by atoms with Gasteiger partial charge in [-0.3, -0.25) is 0 Å². The summed E-state index contributed by atoms with van der Waals surface area (Å²) in [6, 6.07) is 7.47. The second-order valence-electron chi connectivity index (χ2n) is 4.93. The maximum Gasteiger partial charge on any atom is 0.218 e. The zero-order valence-electron chi connectivity index (χ0n) is 11.2. The van der Waals surface area contributed by atoms with Crippen LogP contribution in [0.3, 0.4) is 0 Å². The Morgan fingerprint density at radius 2 is 1.68 bits per heavy atom. The maximum absolute atomic E-state index is 12.4. The molecule has 0 spiro atoms. The minimum Gasteiger partial charge on any atom is -0.326 e. The second kappa shape index (κ2) is 6.00. The third-order valence-corrected chi connectivity index (χ3v) is 5.36. The summed E-state index contributed by atoms with van der Waals surface area (Å²) in [5.74, 6) is 0.0457. The van der Waals surface area contributed by atoms with Crippen LogP contribution in [0.25, 0.3) is 0 Å². The molecule has 1 aliphatic rings. The summed E-state index contributed by atoms with van der Waals surface area (Å²) in [4.78, 5) is 2.14. The van der Waals surface area contributed by atoms with Crippen LogP contribution in [0.4, 0.5) is 0 Å². The summed E-state index contributed by atoms with van der Waals surface area (Å²) in [5, 5.41) is 0. The van der Waals surface area contributed by atoms with Gasteiger partial charge in [0, 0.05) is 32.7 Å². The molecule has 0 aromatic heterocycles. The molecule has 1 aromatic carbocycles. The molecule has 2 N–H and O–H groups in total. The van der Waals surface area contributed by atoms with Crippen LogP contribution in [0.1, 0.15) is 11.1 Å². The Balaban J connectivity index is 2.13. The lowest BCUT2D eigenvalue weighted by molar-refractivity contribution is 0.222. The maximum atomic E-state index is 12.4. The Kier molecular flexibility index (Phi) is 4.57. The predicted octanol–water partition coefficient (Wildman–Crippen LogP) is 0.223. The fraction of sp³-hybridized carbons (Fsp3) is 0.538. The Morgan fingerprint density at radius 3 is 2.26 bits per heavy atom. The first-order valence-electron chi connectivity index (χ1n) is 6.46. The van der Waals surface area contributed by atoms with Crippen molar-refractivity contribution >= 4 is 10.0 Å². The fourth-order valence-corrected chi connectivity index (χ4v) is 3.83. The summed E-state index contributed by atoms with van der Waals surface area (Å²) in [5.41, 5.74) is 7.36. The number of hydrogen-bond acceptors (Lipinski definition) is 4. The highest BCUT2D eigenvalue weighted by Crippen LogP contribution is 2.16. The van der Waals surface area contributed by atoms with Gasteiger partial charge in [0.2, 0.25) is 10.0 Å². The number of nitrogens with two attached hydrogens (primary N) is 1. The van der Waals surface area contributed by atoms with Crippen molar-refractivity contribution in [2.75, 3.05) is 33.2 Å². The Hall–Kier alpha value is -0.950. The molecule has 2 rings (SSSR count). The smallest absolute Gasteiger partial charge is 0.218 e. The molecule has 106 valence electrons. The molecule has 0 amide bonds. The van der Waals surface area contributed by atoms with Crippen LogP contribution in [0.5, 0.6) is 0 Å². The first-order chi connectivity index (χ1) is 9.03. The van der Waals surface area contributed by atoms with Crippen LogP contribution in [-0.2, 0) is 22.3 Å². The van der Waals surface area contributed by atoms with E-state index in [1.807, 2.05) is 31.3 Å². The molecule has 1 fully saturated rings. The van der Waals surface area contributed by atoms with Gasteiger partial charge >= 0.3 is 0 Å². The van der Waals surface area contributed by atoms with Crippen molar-refractivity contribution in [1.82, 2.24) is 9.21 Å². The van der Waals surface area contributed by atoms with E-state index < -0.39 is 10.0 Å². The number of hydrogen-bond donors (Lipinski definition) is 1. The molecule has 0 unspecified atom stereocenters. The molecule has 0 aliphatic carbocycles. The second-order valence-corrected chi connectivity index (χ2v) is 6.90. The average molecular weight is 283 g/mol. The van der Waals surface area contributed by atoms with Crippen LogP contribution < -0.4 is 5.73 Å². The van der Waals surface area contributed by atoms with Crippen LogP contribution in [0.2, 0.25) is 0 Å². The summed E-state index contributed by atoms with van der Waals surface area (Å²) < 4.78 is 26.4. The van der Waals surface area contributed by atoms with Crippen molar-refractivity contribution in [2.24, 2.45) is 5.73 Å². The largest absolute Gasteiger partial charge is 0.326 e. The molecular weight excluding hydrogens is 262 g/mol. The standard InChI is InChI=1S/C13H21N3O2S/c1-15-6-8-16(9-7-15)19(17,18)11-13-5-3-2-4-12(13)10-14/h2-5H,6-11,14H2,1H3. The first-order valence-corrected chi connectivity index (χ1v) is 8.07. The van der Waals surface area contributed by atoms with Gasteiger partial charge in [0.1, 0.15) is 0 Å². The molecular formula is C13H21N3O2S. The monoisotopic (exact) mass is 283 g/mol. The minimum absolute atomic E-state index is 0.0457. The molecule has 0 saturated carbocycles. The average Bonchev–Trinajstić information content (AvgIpc) is 2.39. The van der Waals surface area contributed by atoms with Gasteiger partial charge in [-0.25, -0.2) is 8.42 Å².